The predicted octanol–water partition coefficient (Wildman–Crippen LogP) is 4.49. The first-order valence-corrected chi connectivity index (χ1v) is 4.64. The molecule has 1 aromatic rings. The molecule has 1 rings (SSSR count). The van der Waals surface area contributed by atoms with E-state index in [2.05, 4.69) is 9.47 Å². The van der Waals surface area contributed by atoms with E-state index in [0.29, 0.717) is 0 Å². The number of alkyl halides is 5. The second-order valence-electron chi connectivity index (χ2n) is 2.64. The molecular weight excluding hydrogens is 294 g/mol. The fourth-order valence-electron chi connectivity index (χ4n) is 0.935. The van der Waals surface area contributed by atoms with Crippen molar-refractivity contribution in [3.8, 4) is 11.5 Å². The maximum absolute atomic E-state index is 12.0. The smallest absolute Gasteiger partial charge is 0.431 e. The Morgan fingerprint density at radius 1 is 1.12 bits per heavy atom. The fraction of sp³-hybridized carbons (Fsp3) is 0.250. The van der Waals surface area contributed by atoms with E-state index >= 15 is 0 Å². The minimum atomic E-state index is -5.09. The molecule has 1 aromatic carbocycles. The molecule has 0 radical (unpaired) electrons. The van der Waals surface area contributed by atoms with E-state index in [1.54, 1.807) is 0 Å². The van der Waals surface area contributed by atoms with Crippen LogP contribution in [0.5, 0.6) is 11.5 Å². The summed E-state index contributed by atoms with van der Waals surface area (Å²) in [7, 11) is 0. The molecule has 9 heteroatoms. The van der Waals surface area contributed by atoms with E-state index in [0.717, 1.165) is 12.1 Å². The Labute approximate surface area is 102 Å². The summed E-state index contributed by atoms with van der Waals surface area (Å²) >= 11 is 10.8. The first-order valence-electron chi connectivity index (χ1n) is 3.88. The first kappa shape index (κ1) is 14.1. The second-order valence-corrected chi connectivity index (χ2v) is 3.48. The third kappa shape index (κ3) is 4.43. The van der Waals surface area contributed by atoms with E-state index in [9.17, 15) is 22.0 Å². The average Bonchev–Trinajstić information content (AvgIpc) is 2.08. The summed E-state index contributed by atoms with van der Waals surface area (Å²) in [6.07, 6.45) is -5.09. The lowest BCUT2D eigenvalue weighted by molar-refractivity contribution is -0.275. The number of hydrogen-bond acceptors (Lipinski definition) is 2. The van der Waals surface area contributed by atoms with Crippen LogP contribution in [0.3, 0.4) is 0 Å². The van der Waals surface area contributed by atoms with Crippen LogP contribution in [-0.2, 0) is 0 Å². The Morgan fingerprint density at radius 2 is 1.71 bits per heavy atom. The fourth-order valence-corrected chi connectivity index (χ4v) is 1.45. The van der Waals surface area contributed by atoms with Crippen molar-refractivity contribution in [1.82, 2.24) is 0 Å². The summed E-state index contributed by atoms with van der Waals surface area (Å²) in [4.78, 5) is 0. The van der Waals surface area contributed by atoms with Crippen LogP contribution in [0.15, 0.2) is 12.1 Å². The zero-order chi connectivity index (χ0) is 13.2. The molecule has 96 valence electrons. The molecule has 0 aliphatic heterocycles. The van der Waals surface area contributed by atoms with Gasteiger partial charge in [0.05, 0.1) is 5.02 Å². The molecule has 0 saturated carbocycles. The van der Waals surface area contributed by atoms with Gasteiger partial charge >= 0.3 is 13.0 Å². The minimum absolute atomic E-state index is 0.167. The van der Waals surface area contributed by atoms with Crippen LogP contribution in [0, 0.1) is 0 Å². The van der Waals surface area contributed by atoms with Gasteiger partial charge in [-0.1, -0.05) is 23.2 Å². The van der Waals surface area contributed by atoms with Gasteiger partial charge in [-0.15, -0.1) is 13.2 Å². The van der Waals surface area contributed by atoms with E-state index < -0.39 is 29.5 Å². The lowest BCUT2D eigenvalue weighted by Gasteiger charge is -2.15. The maximum atomic E-state index is 12.0. The molecular formula is C8H3Cl2F5O2. The third-order valence-corrected chi connectivity index (χ3v) is 1.91. The predicted molar refractivity (Wildman–Crippen MR) is 49.8 cm³/mol. The van der Waals surface area contributed by atoms with Crippen molar-refractivity contribution >= 4 is 23.2 Å². The van der Waals surface area contributed by atoms with Crippen molar-refractivity contribution in [3.05, 3.63) is 22.2 Å². The molecule has 0 aromatic heterocycles. The van der Waals surface area contributed by atoms with Crippen molar-refractivity contribution in [3.63, 3.8) is 0 Å². The lowest BCUT2D eigenvalue weighted by atomic mass is 10.3. The highest BCUT2D eigenvalue weighted by Crippen LogP contribution is 2.41. The molecule has 0 fully saturated rings. The average molecular weight is 297 g/mol. The first-order chi connectivity index (χ1) is 7.69. The Bertz CT molecular complexity index is 408. The summed E-state index contributed by atoms with van der Waals surface area (Å²) in [5, 5.41) is -0.759. The van der Waals surface area contributed by atoms with Crippen molar-refractivity contribution in [2.24, 2.45) is 0 Å². The largest absolute Gasteiger partial charge is 0.573 e. The highest BCUT2D eigenvalue weighted by atomic mass is 35.5. The van der Waals surface area contributed by atoms with E-state index in [1.165, 1.54) is 0 Å². The summed E-state index contributed by atoms with van der Waals surface area (Å²) in [5.74, 6) is -1.96. The topological polar surface area (TPSA) is 18.5 Å². The Morgan fingerprint density at radius 3 is 2.18 bits per heavy atom. The van der Waals surface area contributed by atoms with Gasteiger partial charge in [-0.3, -0.25) is 0 Å². The van der Waals surface area contributed by atoms with Crippen molar-refractivity contribution in [2.75, 3.05) is 0 Å². The number of hydrogen-bond donors (Lipinski definition) is 0. The molecule has 0 saturated heterocycles. The summed E-state index contributed by atoms with van der Waals surface area (Å²) < 4.78 is 67.1. The van der Waals surface area contributed by atoms with Gasteiger partial charge in [-0.25, -0.2) is 0 Å². The molecule has 2 nitrogen and oxygen atoms in total. The zero-order valence-corrected chi connectivity index (χ0v) is 9.21. The Kier molecular flexibility index (Phi) is 4.26. The molecule has 0 aliphatic rings. The van der Waals surface area contributed by atoms with Gasteiger partial charge < -0.3 is 9.47 Å². The van der Waals surface area contributed by atoms with Gasteiger partial charge in [0, 0.05) is 11.1 Å². The highest BCUT2D eigenvalue weighted by Gasteiger charge is 2.34. The van der Waals surface area contributed by atoms with E-state index in [-0.39, 0.29) is 5.02 Å². The highest BCUT2D eigenvalue weighted by molar-refractivity contribution is 6.35. The van der Waals surface area contributed by atoms with E-state index in [1.807, 2.05) is 0 Å². The van der Waals surface area contributed by atoms with Gasteiger partial charge in [0.1, 0.15) is 0 Å². The summed E-state index contributed by atoms with van der Waals surface area (Å²) in [6, 6.07) is 1.64. The third-order valence-electron chi connectivity index (χ3n) is 1.41. The van der Waals surface area contributed by atoms with Crippen LogP contribution in [0.25, 0.3) is 0 Å². The van der Waals surface area contributed by atoms with Crippen LogP contribution in [0.4, 0.5) is 22.0 Å². The molecule has 0 spiro atoms. The Balaban J connectivity index is 3.16. The molecule has 0 atom stereocenters. The van der Waals surface area contributed by atoms with E-state index in [4.69, 9.17) is 23.2 Å². The number of ether oxygens (including phenoxy) is 2. The SMILES string of the molecule is FC(F)Oc1cc(Cl)cc(Cl)c1OC(F)(F)F. The number of halogens is 7. The molecule has 0 bridgehead atoms. The van der Waals surface area contributed by atoms with Crippen LogP contribution in [0.1, 0.15) is 0 Å². The number of benzene rings is 1. The quantitative estimate of drug-likeness (QED) is 0.765. The molecule has 0 unspecified atom stereocenters. The van der Waals surface area contributed by atoms with Gasteiger partial charge in [-0.2, -0.15) is 8.78 Å². The standard InChI is InChI=1S/C8H3Cl2F5O2/c9-3-1-4(10)6(17-8(13,14)15)5(2-3)16-7(11)12/h1-2,7H. The minimum Gasteiger partial charge on any atom is -0.431 e. The maximum Gasteiger partial charge on any atom is 0.573 e. The molecule has 0 aliphatic carbocycles. The summed E-state index contributed by atoms with van der Waals surface area (Å²) in [5.41, 5.74) is 0. The molecule has 0 N–H and O–H groups in total. The number of rotatable bonds is 3. The monoisotopic (exact) mass is 296 g/mol. The normalized spacial score (nSPS) is 11.8. The molecule has 17 heavy (non-hydrogen) atoms. The van der Waals surface area contributed by atoms with Crippen molar-refractivity contribution < 1.29 is 31.4 Å². The summed E-state index contributed by atoms with van der Waals surface area (Å²) in [6.45, 7) is -3.33. The van der Waals surface area contributed by atoms with Crippen molar-refractivity contribution in [2.45, 2.75) is 13.0 Å². The van der Waals surface area contributed by atoms with Crippen LogP contribution in [0.2, 0.25) is 10.0 Å². The van der Waals surface area contributed by atoms with Crippen molar-refractivity contribution in [1.29, 1.82) is 0 Å². The van der Waals surface area contributed by atoms with Crippen LogP contribution >= 0.6 is 23.2 Å². The molecule has 0 amide bonds. The van der Waals surface area contributed by atoms with Gasteiger partial charge in [0.25, 0.3) is 0 Å². The van der Waals surface area contributed by atoms with Crippen LogP contribution < -0.4 is 9.47 Å². The van der Waals surface area contributed by atoms with Gasteiger partial charge in [-0.05, 0) is 6.07 Å². The Hall–Kier alpha value is -0.950. The second kappa shape index (κ2) is 5.14. The lowest BCUT2D eigenvalue weighted by Crippen LogP contribution is -2.18. The molecule has 0 heterocycles. The van der Waals surface area contributed by atoms with Crippen LogP contribution in [-0.4, -0.2) is 13.0 Å². The van der Waals surface area contributed by atoms with Gasteiger partial charge in [0.15, 0.2) is 11.5 Å². The zero-order valence-electron chi connectivity index (χ0n) is 7.69. The van der Waals surface area contributed by atoms with Gasteiger partial charge in [0.2, 0.25) is 0 Å².